The Morgan fingerprint density at radius 2 is 1.92 bits per heavy atom. The molecule has 0 atom stereocenters. The van der Waals surface area contributed by atoms with Gasteiger partial charge in [0.2, 0.25) is 0 Å². The molecule has 0 N–H and O–H groups in total. The van der Waals surface area contributed by atoms with Gasteiger partial charge in [0.05, 0.1) is 0 Å². The number of hydrogen-bond donors (Lipinski definition) is 0. The first kappa shape index (κ1) is 14.6. The fraction of sp³-hybridized carbons (Fsp3) is 0. The third kappa shape index (κ3) is 5.74. The van der Waals surface area contributed by atoms with E-state index in [2.05, 4.69) is 9.64 Å². The molecule has 0 aliphatic rings. The Hall–Kier alpha value is 0.130. The number of hydrogen-bond acceptors (Lipinski definition) is 4. The monoisotopic (exact) mass is 151 g/mol. The third-order valence-electron chi connectivity index (χ3n) is 0.855. The predicted octanol–water partition coefficient (Wildman–Crippen LogP) is -7.83. The van der Waals surface area contributed by atoms with Crippen molar-refractivity contribution >= 4 is 7.32 Å². The van der Waals surface area contributed by atoms with E-state index in [1.807, 2.05) is 0 Å². The molecule has 0 bridgehead atoms. The smallest absolute Gasteiger partial charge is 0.860 e. The van der Waals surface area contributed by atoms with Gasteiger partial charge >= 0.3 is 37.7 Å². The van der Waals surface area contributed by atoms with Crippen molar-refractivity contribution in [3.8, 4) is 5.88 Å². The second-order valence-corrected chi connectivity index (χ2v) is 1.57. The zero-order valence-corrected chi connectivity index (χ0v) is 7.06. The Labute approximate surface area is 94.9 Å². The Bertz CT molecular complexity index is 199. The van der Waals surface area contributed by atoms with Gasteiger partial charge in [0, 0.05) is 6.20 Å². The average molecular weight is 151 g/mol. The molecular formula is C5H4BLi2NO3. The van der Waals surface area contributed by atoms with Crippen molar-refractivity contribution in [2.45, 2.75) is 0 Å². The first-order chi connectivity index (χ1) is 4.79. The molecule has 0 saturated heterocycles. The summed E-state index contributed by atoms with van der Waals surface area (Å²) in [5.41, 5.74) is 0. The number of pyridine rings is 1. The minimum atomic E-state index is -2.30. The molecule has 52 valence electrons. The minimum absolute atomic E-state index is 0. The molecule has 0 aliphatic heterocycles. The molecular weight excluding hydrogens is 147 g/mol. The normalized spacial score (nSPS) is 7.50. The molecule has 0 aromatic carbocycles. The van der Waals surface area contributed by atoms with E-state index in [1.54, 1.807) is 12.1 Å². The van der Waals surface area contributed by atoms with Gasteiger partial charge in [-0.1, -0.05) is 6.07 Å². The SMILES string of the molecule is [Li+].[Li+].[O-]B([O-])Oc1ccccn1. The van der Waals surface area contributed by atoms with Crippen LogP contribution in [-0.4, -0.2) is 12.3 Å². The van der Waals surface area contributed by atoms with E-state index in [9.17, 15) is 10.0 Å². The van der Waals surface area contributed by atoms with Crippen LogP contribution in [0.5, 0.6) is 5.88 Å². The van der Waals surface area contributed by atoms with Crippen LogP contribution < -0.4 is 52.4 Å². The van der Waals surface area contributed by atoms with Gasteiger partial charge in [-0.05, 0) is 12.1 Å². The second kappa shape index (κ2) is 7.76. The zero-order chi connectivity index (χ0) is 7.40. The van der Waals surface area contributed by atoms with Crippen LogP contribution in [0.2, 0.25) is 0 Å². The Balaban J connectivity index is 0. The van der Waals surface area contributed by atoms with Crippen molar-refractivity contribution in [3.63, 3.8) is 0 Å². The quantitative estimate of drug-likeness (QED) is 0.393. The van der Waals surface area contributed by atoms with Crippen LogP contribution in [0.25, 0.3) is 0 Å². The summed E-state index contributed by atoms with van der Waals surface area (Å²) in [4.78, 5) is 3.60. The van der Waals surface area contributed by atoms with Crippen molar-refractivity contribution in [3.05, 3.63) is 24.4 Å². The predicted molar refractivity (Wildman–Crippen MR) is 30.6 cm³/mol. The number of rotatable bonds is 2. The Morgan fingerprint density at radius 1 is 1.25 bits per heavy atom. The van der Waals surface area contributed by atoms with Crippen LogP contribution in [0.4, 0.5) is 0 Å². The largest absolute Gasteiger partial charge is 1.00 e. The standard InChI is InChI=1S/C5H4BNO3.2Li/c8-6(9)10-5-3-1-2-4-7-5;;/h1-4H;;/q-2;2*+1. The van der Waals surface area contributed by atoms with Crippen molar-refractivity contribution in [2.75, 3.05) is 0 Å². The minimum Gasteiger partial charge on any atom is -0.860 e. The van der Waals surface area contributed by atoms with E-state index in [4.69, 9.17) is 0 Å². The van der Waals surface area contributed by atoms with Gasteiger partial charge in [0.15, 0.2) is 5.88 Å². The van der Waals surface area contributed by atoms with Crippen molar-refractivity contribution in [1.29, 1.82) is 0 Å². The first-order valence-electron chi connectivity index (χ1n) is 2.68. The molecule has 0 spiro atoms. The maximum atomic E-state index is 9.88. The van der Waals surface area contributed by atoms with E-state index in [1.165, 1.54) is 12.3 Å². The van der Waals surface area contributed by atoms with Crippen molar-refractivity contribution in [1.82, 2.24) is 4.98 Å². The van der Waals surface area contributed by atoms with E-state index in [-0.39, 0.29) is 43.6 Å². The molecule has 0 unspecified atom stereocenters. The molecule has 0 aliphatic carbocycles. The summed E-state index contributed by atoms with van der Waals surface area (Å²) in [5.74, 6) is 0.0671. The number of nitrogens with zero attached hydrogens (tertiary/aromatic N) is 1. The topological polar surface area (TPSA) is 68.2 Å². The molecule has 0 amide bonds. The van der Waals surface area contributed by atoms with Crippen LogP contribution in [0.1, 0.15) is 0 Å². The third-order valence-corrected chi connectivity index (χ3v) is 0.855. The van der Waals surface area contributed by atoms with Gasteiger partial charge in [-0.2, -0.15) is 0 Å². The molecule has 0 fully saturated rings. The summed E-state index contributed by atoms with van der Waals surface area (Å²) in [6.45, 7) is 0. The molecule has 1 rings (SSSR count). The van der Waals surface area contributed by atoms with Crippen LogP contribution in [0, 0.1) is 0 Å². The van der Waals surface area contributed by atoms with E-state index in [0.29, 0.717) is 0 Å². The Morgan fingerprint density at radius 3 is 2.33 bits per heavy atom. The second-order valence-electron chi connectivity index (χ2n) is 1.57. The van der Waals surface area contributed by atoms with Crippen molar-refractivity contribution < 1.29 is 52.4 Å². The van der Waals surface area contributed by atoms with Crippen LogP contribution in [0.3, 0.4) is 0 Å². The van der Waals surface area contributed by atoms with Gasteiger partial charge in [-0.3, -0.25) is 0 Å². The summed E-state index contributed by atoms with van der Waals surface area (Å²) < 4.78 is 4.19. The Kier molecular flexibility index (Phi) is 9.47. The molecule has 1 heterocycles. The van der Waals surface area contributed by atoms with Gasteiger partial charge in [-0.25, -0.2) is 4.98 Å². The van der Waals surface area contributed by atoms with Gasteiger partial charge in [0.1, 0.15) is 7.32 Å². The van der Waals surface area contributed by atoms with E-state index in [0.717, 1.165) is 0 Å². The molecule has 1 aromatic rings. The molecule has 12 heavy (non-hydrogen) atoms. The van der Waals surface area contributed by atoms with Crippen molar-refractivity contribution in [2.24, 2.45) is 0 Å². The van der Waals surface area contributed by atoms with E-state index >= 15 is 0 Å². The summed E-state index contributed by atoms with van der Waals surface area (Å²) in [6.07, 6.45) is 1.44. The summed E-state index contributed by atoms with van der Waals surface area (Å²) >= 11 is 0. The maximum Gasteiger partial charge on any atom is 1.00 e. The molecule has 7 heteroatoms. The number of aromatic nitrogens is 1. The summed E-state index contributed by atoms with van der Waals surface area (Å²) in [7, 11) is -2.30. The molecule has 4 nitrogen and oxygen atoms in total. The van der Waals surface area contributed by atoms with Gasteiger partial charge in [0.25, 0.3) is 0 Å². The fourth-order valence-corrected chi connectivity index (χ4v) is 0.515. The van der Waals surface area contributed by atoms with Crippen LogP contribution >= 0.6 is 0 Å². The van der Waals surface area contributed by atoms with Gasteiger partial charge < -0.3 is 14.7 Å². The summed E-state index contributed by atoms with van der Waals surface area (Å²) in [5, 5.41) is 19.8. The van der Waals surface area contributed by atoms with Crippen LogP contribution in [-0.2, 0) is 0 Å². The van der Waals surface area contributed by atoms with Gasteiger partial charge in [-0.15, -0.1) is 0 Å². The summed E-state index contributed by atoms with van der Waals surface area (Å²) in [6, 6.07) is 4.74. The maximum absolute atomic E-state index is 9.88. The molecule has 1 aromatic heterocycles. The fourth-order valence-electron chi connectivity index (χ4n) is 0.515. The first-order valence-corrected chi connectivity index (χ1v) is 2.68. The average Bonchev–Trinajstić information content (AvgIpc) is 1.88. The molecule has 0 radical (unpaired) electrons. The van der Waals surface area contributed by atoms with Crippen LogP contribution in [0.15, 0.2) is 24.4 Å². The van der Waals surface area contributed by atoms with E-state index < -0.39 is 7.32 Å². The zero-order valence-electron chi connectivity index (χ0n) is 7.06. The molecule has 0 saturated carbocycles.